The van der Waals surface area contributed by atoms with Crippen LogP contribution in [0, 0.1) is 0 Å². The quantitative estimate of drug-likeness (QED) is 0.166. The molecule has 0 radical (unpaired) electrons. The van der Waals surface area contributed by atoms with E-state index in [1.807, 2.05) is 12.1 Å². The highest BCUT2D eigenvalue weighted by atomic mass is 16.3. The first-order chi connectivity index (χ1) is 26.8. The van der Waals surface area contributed by atoms with Gasteiger partial charge in [0.25, 0.3) is 0 Å². The molecule has 54 heavy (non-hydrogen) atoms. The lowest BCUT2D eigenvalue weighted by atomic mass is 9.96. The molecule has 0 fully saturated rings. The summed E-state index contributed by atoms with van der Waals surface area (Å²) in [4.78, 5) is 2.41. The molecule has 0 aliphatic heterocycles. The van der Waals surface area contributed by atoms with Crippen molar-refractivity contribution >= 4 is 49.8 Å². The predicted molar refractivity (Wildman–Crippen MR) is 228 cm³/mol. The zero-order valence-electron chi connectivity index (χ0n) is 29.6. The molecule has 1 aromatic heterocycles. The van der Waals surface area contributed by atoms with Gasteiger partial charge in [-0.3, -0.25) is 0 Å². The lowest BCUT2D eigenvalue weighted by Crippen LogP contribution is -2.12. The van der Waals surface area contributed by atoms with Crippen molar-refractivity contribution in [2.45, 2.75) is 0 Å². The average molecular weight is 690 g/mol. The van der Waals surface area contributed by atoms with Crippen LogP contribution in [0.15, 0.2) is 217 Å². The molecule has 254 valence electrons. The minimum absolute atomic E-state index is 0.893. The van der Waals surface area contributed by atoms with Crippen LogP contribution >= 0.6 is 0 Å². The van der Waals surface area contributed by atoms with Gasteiger partial charge in [0.15, 0.2) is 0 Å². The first kappa shape index (κ1) is 31.6. The standard InChI is InChI=1S/C52H35NO/c1-2-13-39(14-3-1)45-18-6-9-22-49(45)53(50-23-10-7-19-46(50)41-31-34-52-48(35-41)47-20-8-11-24-51(47)54-52)42-32-29-37(30-33-42)36-25-27-40(28-26-36)44-21-12-16-38-15-4-5-17-43(38)44/h1-35H. The van der Waals surface area contributed by atoms with E-state index in [1.54, 1.807) is 0 Å². The number of furan rings is 1. The van der Waals surface area contributed by atoms with Gasteiger partial charge < -0.3 is 9.32 Å². The second-order valence-electron chi connectivity index (χ2n) is 13.7. The number of fused-ring (bicyclic) bond motifs is 4. The van der Waals surface area contributed by atoms with E-state index >= 15 is 0 Å². The Hall–Kier alpha value is -7.16. The average Bonchev–Trinajstić information content (AvgIpc) is 3.63. The molecule has 0 saturated heterocycles. The fourth-order valence-corrected chi connectivity index (χ4v) is 7.87. The van der Waals surface area contributed by atoms with E-state index in [1.165, 1.54) is 38.6 Å². The number of nitrogens with zero attached hydrogens (tertiary/aromatic N) is 1. The number of para-hydroxylation sites is 3. The zero-order valence-corrected chi connectivity index (χ0v) is 29.6. The molecular weight excluding hydrogens is 655 g/mol. The first-order valence-corrected chi connectivity index (χ1v) is 18.4. The van der Waals surface area contributed by atoms with Crippen molar-refractivity contribution in [3.05, 3.63) is 212 Å². The van der Waals surface area contributed by atoms with Crippen molar-refractivity contribution in [1.82, 2.24) is 0 Å². The molecule has 0 amide bonds. The predicted octanol–water partition coefficient (Wildman–Crippen LogP) is 14.9. The van der Waals surface area contributed by atoms with Crippen LogP contribution in [-0.4, -0.2) is 0 Å². The van der Waals surface area contributed by atoms with Gasteiger partial charge >= 0.3 is 0 Å². The highest BCUT2D eigenvalue weighted by molar-refractivity contribution is 6.07. The summed E-state index contributed by atoms with van der Waals surface area (Å²) in [7, 11) is 0. The number of hydrogen-bond donors (Lipinski definition) is 0. The second kappa shape index (κ2) is 13.4. The van der Waals surface area contributed by atoms with E-state index in [2.05, 4.69) is 205 Å². The fraction of sp³-hybridized carbons (Fsp3) is 0. The van der Waals surface area contributed by atoms with Crippen molar-refractivity contribution in [2.75, 3.05) is 4.90 Å². The largest absolute Gasteiger partial charge is 0.456 e. The third-order valence-corrected chi connectivity index (χ3v) is 10.5. The highest BCUT2D eigenvalue weighted by Crippen LogP contribution is 2.45. The van der Waals surface area contributed by atoms with Gasteiger partial charge in [0.1, 0.15) is 11.2 Å². The fourth-order valence-electron chi connectivity index (χ4n) is 7.87. The van der Waals surface area contributed by atoms with Gasteiger partial charge in [-0.15, -0.1) is 0 Å². The van der Waals surface area contributed by atoms with Crippen LogP contribution in [0.3, 0.4) is 0 Å². The van der Waals surface area contributed by atoms with Crippen LogP contribution in [0.2, 0.25) is 0 Å². The van der Waals surface area contributed by atoms with E-state index < -0.39 is 0 Å². The Morgan fingerprint density at radius 2 is 0.796 bits per heavy atom. The summed E-state index contributed by atoms with van der Waals surface area (Å²) in [5.41, 5.74) is 14.5. The summed E-state index contributed by atoms with van der Waals surface area (Å²) >= 11 is 0. The van der Waals surface area contributed by atoms with Crippen molar-refractivity contribution in [2.24, 2.45) is 0 Å². The van der Waals surface area contributed by atoms with Gasteiger partial charge in [0.2, 0.25) is 0 Å². The molecule has 0 saturated carbocycles. The summed E-state index contributed by atoms with van der Waals surface area (Å²) in [6.45, 7) is 0. The minimum atomic E-state index is 0.893. The molecule has 0 aliphatic carbocycles. The van der Waals surface area contributed by atoms with Crippen LogP contribution in [0.1, 0.15) is 0 Å². The maximum Gasteiger partial charge on any atom is 0.135 e. The van der Waals surface area contributed by atoms with Crippen molar-refractivity contribution < 1.29 is 4.42 Å². The third kappa shape index (κ3) is 5.62. The van der Waals surface area contributed by atoms with Crippen molar-refractivity contribution in [1.29, 1.82) is 0 Å². The molecule has 0 bridgehead atoms. The van der Waals surface area contributed by atoms with Gasteiger partial charge in [-0.1, -0.05) is 170 Å². The molecule has 0 unspecified atom stereocenters. The minimum Gasteiger partial charge on any atom is -0.456 e. The number of benzene rings is 9. The van der Waals surface area contributed by atoms with Crippen LogP contribution in [0.4, 0.5) is 17.1 Å². The molecule has 0 atom stereocenters. The number of hydrogen-bond acceptors (Lipinski definition) is 2. The third-order valence-electron chi connectivity index (χ3n) is 10.5. The molecule has 0 aliphatic rings. The van der Waals surface area contributed by atoms with E-state index in [-0.39, 0.29) is 0 Å². The Morgan fingerprint density at radius 3 is 1.56 bits per heavy atom. The summed E-state index contributed by atoms with van der Waals surface area (Å²) < 4.78 is 6.21. The maximum atomic E-state index is 6.21. The summed E-state index contributed by atoms with van der Waals surface area (Å²) in [5, 5.41) is 4.76. The topological polar surface area (TPSA) is 16.4 Å². The molecule has 10 aromatic rings. The van der Waals surface area contributed by atoms with Gasteiger partial charge in [0.05, 0.1) is 11.4 Å². The Labute approximate surface area is 314 Å². The Kier molecular flexibility index (Phi) is 7.85. The second-order valence-corrected chi connectivity index (χ2v) is 13.7. The van der Waals surface area contributed by atoms with E-state index in [0.29, 0.717) is 0 Å². The van der Waals surface area contributed by atoms with Gasteiger partial charge in [-0.05, 0) is 86.6 Å². The van der Waals surface area contributed by atoms with Crippen molar-refractivity contribution in [3.8, 4) is 44.5 Å². The Morgan fingerprint density at radius 1 is 0.296 bits per heavy atom. The van der Waals surface area contributed by atoms with E-state index in [4.69, 9.17) is 4.42 Å². The van der Waals surface area contributed by atoms with Crippen LogP contribution in [0.5, 0.6) is 0 Å². The molecular formula is C52H35NO. The maximum absolute atomic E-state index is 6.21. The van der Waals surface area contributed by atoms with E-state index in [9.17, 15) is 0 Å². The van der Waals surface area contributed by atoms with Crippen LogP contribution in [0.25, 0.3) is 77.2 Å². The van der Waals surface area contributed by atoms with Crippen LogP contribution < -0.4 is 4.90 Å². The molecule has 10 rings (SSSR count). The lowest BCUT2D eigenvalue weighted by Gasteiger charge is -2.30. The molecule has 0 N–H and O–H groups in total. The smallest absolute Gasteiger partial charge is 0.135 e. The summed E-state index contributed by atoms with van der Waals surface area (Å²) in [6.07, 6.45) is 0. The SMILES string of the molecule is c1ccc(-c2ccccc2N(c2ccc(-c3ccc(-c4cccc5ccccc45)cc3)cc2)c2ccccc2-c2ccc3oc4ccccc4c3c2)cc1. The number of anilines is 3. The number of rotatable bonds is 7. The van der Waals surface area contributed by atoms with E-state index in [0.717, 1.165) is 55.7 Å². The normalized spacial score (nSPS) is 11.3. The molecule has 1 heterocycles. The zero-order chi connectivity index (χ0) is 35.8. The van der Waals surface area contributed by atoms with Crippen molar-refractivity contribution in [3.63, 3.8) is 0 Å². The van der Waals surface area contributed by atoms with Gasteiger partial charge in [-0.25, -0.2) is 0 Å². The van der Waals surface area contributed by atoms with Crippen LogP contribution in [-0.2, 0) is 0 Å². The summed E-state index contributed by atoms with van der Waals surface area (Å²) in [5.74, 6) is 0. The Balaban J connectivity index is 1.08. The van der Waals surface area contributed by atoms with Gasteiger partial charge in [0, 0.05) is 27.6 Å². The molecule has 0 spiro atoms. The summed E-state index contributed by atoms with van der Waals surface area (Å²) in [6, 6.07) is 75.9. The highest BCUT2D eigenvalue weighted by Gasteiger charge is 2.21. The Bertz CT molecular complexity index is 2920. The lowest BCUT2D eigenvalue weighted by molar-refractivity contribution is 0.669. The molecule has 9 aromatic carbocycles. The first-order valence-electron chi connectivity index (χ1n) is 18.4. The monoisotopic (exact) mass is 689 g/mol. The van der Waals surface area contributed by atoms with Gasteiger partial charge in [-0.2, -0.15) is 0 Å². The molecule has 2 nitrogen and oxygen atoms in total. The molecule has 2 heteroatoms.